The average molecular weight is 526 g/mol. The van der Waals surface area contributed by atoms with Gasteiger partial charge in [0.25, 0.3) is 11.8 Å². The number of carbonyl (C=O) groups excluding carboxylic acids is 2. The van der Waals surface area contributed by atoms with Crippen LogP contribution in [0.4, 0.5) is 5.69 Å². The molecule has 2 aliphatic rings. The van der Waals surface area contributed by atoms with Crippen LogP contribution in [0.1, 0.15) is 47.4 Å². The highest BCUT2D eigenvalue weighted by molar-refractivity contribution is 7.92. The van der Waals surface area contributed by atoms with Gasteiger partial charge in [0.2, 0.25) is 10.0 Å². The molecular formula is C27H31N3O6S. The zero-order valence-corrected chi connectivity index (χ0v) is 22.2. The van der Waals surface area contributed by atoms with Gasteiger partial charge in [0.05, 0.1) is 30.2 Å². The first-order valence-corrected chi connectivity index (χ1v) is 14.2. The standard InChI is InChI=1S/C27H31N3O6S/c1-16-7-9-18(10-8-16)25-24(26(31)28-3)20-13-19-17(2)35-23(27(32)29-11-5-6-12-29)15-30(37(4,33)34)21(19)14-22(20)36-25/h7-10,13-14,17,23H,5-6,11-12,15H2,1-4H3,(H,28,31). The molecule has 1 aromatic heterocycles. The zero-order chi connectivity index (χ0) is 26.5. The van der Waals surface area contributed by atoms with Crippen LogP contribution in [0.5, 0.6) is 0 Å². The fraction of sp³-hybridized carbons (Fsp3) is 0.407. The van der Waals surface area contributed by atoms with E-state index >= 15 is 0 Å². The number of sulfonamides is 1. The number of carbonyl (C=O) groups is 2. The molecule has 10 heteroatoms. The van der Waals surface area contributed by atoms with Gasteiger partial charge in [-0.3, -0.25) is 13.9 Å². The smallest absolute Gasteiger partial charge is 0.255 e. The Kier molecular flexibility index (Phi) is 6.49. The van der Waals surface area contributed by atoms with Crippen molar-refractivity contribution in [3.8, 4) is 11.3 Å². The molecule has 0 spiro atoms. The minimum absolute atomic E-state index is 0.134. The lowest BCUT2D eigenvalue weighted by Crippen LogP contribution is -2.46. The van der Waals surface area contributed by atoms with E-state index in [9.17, 15) is 18.0 Å². The summed E-state index contributed by atoms with van der Waals surface area (Å²) in [4.78, 5) is 28.0. The molecule has 2 aromatic carbocycles. The molecule has 3 heterocycles. The van der Waals surface area contributed by atoms with Crippen molar-refractivity contribution in [3.05, 3.63) is 53.1 Å². The van der Waals surface area contributed by atoms with E-state index in [4.69, 9.17) is 9.15 Å². The van der Waals surface area contributed by atoms with Crippen LogP contribution in [-0.2, 0) is 19.6 Å². The van der Waals surface area contributed by atoms with Gasteiger partial charge in [0.15, 0.2) is 6.10 Å². The summed E-state index contributed by atoms with van der Waals surface area (Å²) in [5.41, 5.74) is 3.48. The summed E-state index contributed by atoms with van der Waals surface area (Å²) in [7, 11) is -2.21. The number of ether oxygens (including phenoxy) is 1. The Balaban J connectivity index is 1.68. The van der Waals surface area contributed by atoms with Crippen LogP contribution in [0.2, 0.25) is 0 Å². The first kappa shape index (κ1) is 25.3. The lowest BCUT2D eigenvalue weighted by molar-refractivity contribution is -0.145. The van der Waals surface area contributed by atoms with Gasteiger partial charge in [-0.2, -0.15) is 0 Å². The Morgan fingerprint density at radius 1 is 1.08 bits per heavy atom. The van der Waals surface area contributed by atoms with Crippen molar-refractivity contribution in [3.63, 3.8) is 0 Å². The molecule has 9 nitrogen and oxygen atoms in total. The molecule has 0 radical (unpaired) electrons. The number of aryl methyl sites for hydroxylation is 1. The van der Waals surface area contributed by atoms with E-state index in [1.54, 1.807) is 31.0 Å². The van der Waals surface area contributed by atoms with E-state index in [0.29, 0.717) is 46.6 Å². The Bertz CT molecular complexity index is 1470. The normalized spacial score (nSPS) is 20.1. The number of likely N-dealkylation sites (tertiary alicyclic amines) is 1. The Morgan fingerprint density at radius 3 is 2.38 bits per heavy atom. The Morgan fingerprint density at radius 2 is 1.76 bits per heavy atom. The number of nitrogens with one attached hydrogen (secondary N) is 1. The second-order valence-electron chi connectivity index (χ2n) is 9.75. The molecule has 2 amide bonds. The van der Waals surface area contributed by atoms with E-state index < -0.39 is 22.2 Å². The monoisotopic (exact) mass is 525 g/mol. The number of furan rings is 1. The second-order valence-corrected chi connectivity index (χ2v) is 11.7. The van der Waals surface area contributed by atoms with Crippen LogP contribution in [-0.4, -0.2) is 64.2 Å². The van der Waals surface area contributed by atoms with Crippen LogP contribution in [0.3, 0.4) is 0 Å². The zero-order valence-electron chi connectivity index (χ0n) is 21.4. The third kappa shape index (κ3) is 4.59. The molecule has 1 fully saturated rings. The SMILES string of the molecule is CNC(=O)c1c(-c2ccc(C)cc2)oc2cc3c(cc12)C(C)OC(C(=O)N1CCCC1)CN3S(C)(=O)=O. The summed E-state index contributed by atoms with van der Waals surface area (Å²) in [5.74, 6) is -0.128. The Labute approximate surface area is 216 Å². The van der Waals surface area contributed by atoms with Gasteiger partial charge in [0, 0.05) is 42.7 Å². The highest BCUT2D eigenvalue weighted by Gasteiger charge is 2.38. The molecule has 0 bridgehead atoms. The fourth-order valence-corrected chi connectivity index (χ4v) is 6.07. The molecule has 3 aromatic rings. The summed E-state index contributed by atoms with van der Waals surface area (Å²) < 4.78 is 39.5. The summed E-state index contributed by atoms with van der Waals surface area (Å²) in [6.07, 6.45) is 1.42. The van der Waals surface area contributed by atoms with Crippen molar-refractivity contribution in [2.24, 2.45) is 0 Å². The van der Waals surface area contributed by atoms with Gasteiger partial charge in [-0.15, -0.1) is 0 Å². The number of anilines is 1. The first-order chi connectivity index (χ1) is 17.6. The lowest BCUT2D eigenvalue weighted by atomic mass is 10.00. The molecule has 2 atom stereocenters. The van der Waals surface area contributed by atoms with Gasteiger partial charge in [-0.05, 0) is 32.8 Å². The molecule has 5 rings (SSSR count). The third-order valence-corrected chi connectivity index (χ3v) is 8.25. The molecule has 2 unspecified atom stereocenters. The van der Waals surface area contributed by atoms with Gasteiger partial charge in [0.1, 0.15) is 11.3 Å². The number of nitrogens with zero attached hydrogens (tertiary/aromatic N) is 2. The van der Waals surface area contributed by atoms with Crippen LogP contribution < -0.4 is 9.62 Å². The predicted molar refractivity (Wildman–Crippen MR) is 141 cm³/mol. The van der Waals surface area contributed by atoms with Gasteiger partial charge in [-0.25, -0.2) is 8.42 Å². The van der Waals surface area contributed by atoms with E-state index in [1.807, 2.05) is 31.2 Å². The molecular weight excluding hydrogens is 494 g/mol. The highest BCUT2D eigenvalue weighted by Crippen LogP contribution is 2.42. The van der Waals surface area contributed by atoms with Crippen LogP contribution in [0.15, 0.2) is 40.8 Å². The predicted octanol–water partition coefficient (Wildman–Crippen LogP) is 3.62. The maximum Gasteiger partial charge on any atom is 0.255 e. The van der Waals surface area contributed by atoms with Crippen molar-refractivity contribution >= 4 is 38.5 Å². The van der Waals surface area contributed by atoms with Crippen molar-refractivity contribution in [2.75, 3.05) is 37.2 Å². The highest BCUT2D eigenvalue weighted by atomic mass is 32.2. The van der Waals surface area contributed by atoms with Crippen molar-refractivity contribution in [1.29, 1.82) is 0 Å². The summed E-state index contributed by atoms with van der Waals surface area (Å²) >= 11 is 0. The topological polar surface area (TPSA) is 109 Å². The van der Waals surface area contributed by atoms with Gasteiger partial charge < -0.3 is 19.4 Å². The number of benzene rings is 2. The van der Waals surface area contributed by atoms with Crippen LogP contribution in [0.25, 0.3) is 22.3 Å². The van der Waals surface area contributed by atoms with Crippen LogP contribution >= 0.6 is 0 Å². The van der Waals surface area contributed by atoms with Crippen LogP contribution in [0, 0.1) is 6.92 Å². The molecule has 0 aliphatic carbocycles. The number of hydrogen-bond donors (Lipinski definition) is 1. The summed E-state index contributed by atoms with van der Waals surface area (Å²) in [5, 5.41) is 3.23. The molecule has 1 N–H and O–H groups in total. The molecule has 1 saturated heterocycles. The minimum Gasteiger partial charge on any atom is -0.455 e. The average Bonchev–Trinajstić information content (AvgIpc) is 3.49. The maximum atomic E-state index is 13.2. The van der Waals surface area contributed by atoms with E-state index in [2.05, 4.69) is 5.32 Å². The van der Waals surface area contributed by atoms with Gasteiger partial charge >= 0.3 is 0 Å². The molecule has 2 aliphatic heterocycles. The van der Waals surface area contributed by atoms with E-state index in [1.165, 1.54) is 4.31 Å². The Hall–Kier alpha value is -3.37. The molecule has 196 valence electrons. The number of rotatable bonds is 4. The second kappa shape index (κ2) is 9.50. The van der Waals surface area contributed by atoms with Crippen molar-refractivity contribution in [1.82, 2.24) is 10.2 Å². The number of hydrogen-bond acceptors (Lipinski definition) is 6. The van der Waals surface area contributed by atoms with Crippen molar-refractivity contribution < 1.29 is 27.2 Å². The number of fused-ring (bicyclic) bond motifs is 2. The quantitative estimate of drug-likeness (QED) is 0.557. The summed E-state index contributed by atoms with van der Waals surface area (Å²) in [6.45, 7) is 4.92. The molecule has 0 saturated carbocycles. The van der Waals surface area contributed by atoms with E-state index in [0.717, 1.165) is 30.2 Å². The largest absolute Gasteiger partial charge is 0.455 e. The lowest BCUT2D eigenvalue weighted by Gasteiger charge is -2.27. The fourth-order valence-electron chi connectivity index (χ4n) is 5.15. The minimum atomic E-state index is -3.76. The summed E-state index contributed by atoms with van der Waals surface area (Å²) in [6, 6.07) is 11.0. The third-order valence-electron chi connectivity index (χ3n) is 7.11. The molecule has 37 heavy (non-hydrogen) atoms. The van der Waals surface area contributed by atoms with Gasteiger partial charge in [-0.1, -0.05) is 29.8 Å². The van der Waals surface area contributed by atoms with E-state index in [-0.39, 0.29) is 18.4 Å². The first-order valence-electron chi connectivity index (χ1n) is 12.4. The van der Waals surface area contributed by atoms with Crippen molar-refractivity contribution in [2.45, 2.75) is 38.9 Å². The maximum absolute atomic E-state index is 13.2. The number of amides is 2.